The second kappa shape index (κ2) is 4.22. The Morgan fingerprint density at radius 2 is 2.19 bits per heavy atom. The number of carbonyl (C=O) groups is 1. The van der Waals surface area contributed by atoms with Crippen LogP contribution in [-0.4, -0.2) is 26.0 Å². The van der Waals surface area contributed by atoms with E-state index in [2.05, 4.69) is 15.1 Å². The summed E-state index contributed by atoms with van der Waals surface area (Å²) in [5.74, 6) is 1.06. The van der Waals surface area contributed by atoms with Crippen LogP contribution in [0.1, 0.15) is 35.9 Å². The summed E-state index contributed by atoms with van der Waals surface area (Å²) < 4.78 is 1.62. The third-order valence-corrected chi connectivity index (χ3v) is 2.17. The second-order valence-corrected chi connectivity index (χ2v) is 3.80. The maximum atomic E-state index is 10.6. The molecule has 0 radical (unpaired) electrons. The van der Waals surface area contributed by atoms with E-state index in [0.29, 0.717) is 5.56 Å². The highest BCUT2D eigenvalue weighted by molar-refractivity contribution is 5.75. The van der Waals surface area contributed by atoms with Gasteiger partial charge in [-0.05, 0) is 6.07 Å². The van der Waals surface area contributed by atoms with Crippen LogP contribution in [0.15, 0.2) is 24.8 Å². The first-order chi connectivity index (χ1) is 7.70. The van der Waals surface area contributed by atoms with Crippen LogP contribution in [0.2, 0.25) is 0 Å². The van der Waals surface area contributed by atoms with Gasteiger partial charge < -0.3 is 0 Å². The lowest BCUT2D eigenvalue weighted by molar-refractivity contribution is 0.112. The summed E-state index contributed by atoms with van der Waals surface area (Å²) in [6.07, 6.45) is 5.54. The SMILES string of the molecule is CC(C)c1ncn(-c2cncc(C=O)c2)n1. The zero-order valence-electron chi connectivity index (χ0n) is 9.16. The highest BCUT2D eigenvalue weighted by atomic mass is 16.1. The van der Waals surface area contributed by atoms with Crippen molar-refractivity contribution in [3.63, 3.8) is 0 Å². The predicted octanol–water partition coefficient (Wildman–Crippen LogP) is 1.60. The fourth-order valence-corrected chi connectivity index (χ4v) is 1.30. The molecule has 0 N–H and O–H groups in total. The fourth-order valence-electron chi connectivity index (χ4n) is 1.30. The number of hydrogen-bond acceptors (Lipinski definition) is 4. The molecule has 0 unspecified atom stereocenters. The van der Waals surface area contributed by atoms with Gasteiger partial charge in [0.1, 0.15) is 6.33 Å². The first-order valence-electron chi connectivity index (χ1n) is 5.03. The molecule has 0 aromatic carbocycles. The largest absolute Gasteiger partial charge is 0.298 e. The summed E-state index contributed by atoms with van der Waals surface area (Å²) >= 11 is 0. The van der Waals surface area contributed by atoms with Gasteiger partial charge in [0.05, 0.1) is 11.9 Å². The summed E-state index contributed by atoms with van der Waals surface area (Å²) in [7, 11) is 0. The lowest BCUT2D eigenvalue weighted by atomic mass is 10.2. The van der Waals surface area contributed by atoms with Crippen LogP contribution in [0.5, 0.6) is 0 Å². The van der Waals surface area contributed by atoms with Gasteiger partial charge in [-0.3, -0.25) is 9.78 Å². The summed E-state index contributed by atoms with van der Waals surface area (Å²) in [5, 5.41) is 4.31. The molecule has 5 nitrogen and oxygen atoms in total. The number of hydrogen-bond donors (Lipinski definition) is 0. The molecule has 0 amide bonds. The van der Waals surface area contributed by atoms with Crippen LogP contribution in [0.25, 0.3) is 5.69 Å². The molecule has 0 saturated carbocycles. The average molecular weight is 216 g/mol. The molecule has 0 aliphatic heterocycles. The Labute approximate surface area is 93.2 Å². The lowest BCUT2D eigenvalue weighted by Gasteiger charge is -2.00. The van der Waals surface area contributed by atoms with E-state index in [1.54, 1.807) is 23.3 Å². The van der Waals surface area contributed by atoms with Gasteiger partial charge in [0.15, 0.2) is 12.1 Å². The fraction of sp³-hybridized carbons (Fsp3) is 0.273. The van der Waals surface area contributed by atoms with E-state index >= 15 is 0 Å². The van der Waals surface area contributed by atoms with Gasteiger partial charge in [0.25, 0.3) is 0 Å². The molecule has 5 heteroatoms. The molecule has 0 fully saturated rings. The molecule has 0 atom stereocenters. The van der Waals surface area contributed by atoms with Crippen LogP contribution in [0.4, 0.5) is 0 Å². The zero-order valence-corrected chi connectivity index (χ0v) is 9.16. The van der Waals surface area contributed by atoms with E-state index in [4.69, 9.17) is 0 Å². The number of rotatable bonds is 3. The Kier molecular flexibility index (Phi) is 2.76. The summed E-state index contributed by atoms with van der Waals surface area (Å²) in [6.45, 7) is 4.06. The predicted molar refractivity (Wildman–Crippen MR) is 58.6 cm³/mol. The summed E-state index contributed by atoms with van der Waals surface area (Å²) in [4.78, 5) is 18.8. The van der Waals surface area contributed by atoms with Gasteiger partial charge in [-0.1, -0.05) is 13.8 Å². The molecule has 0 aliphatic carbocycles. The van der Waals surface area contributed by atoms with Crippen LogP contribution >= 0.6 is 0 Å². The Bertz CT molecular complexity index is 504. The molecule has 0 spiro atoms. The second-order valence-electron chi connectivity index (χ2n) is 3.80. The smallest absolute Gasteiger partial charge is 0.153 e. The number of carbonyl (C=O) groups excluding carboxylic acids is 1. The van der Waals surface area contributed by atoms with Crippen LogP contribution in [-0.2, 0) is 0 Å². The van der Waals surface area contributed by atoms with Crippen LogP contribution < -0.4 is 0 Å². The van der Waals surface area contributed by atoms with E-state index in [-0.39, 0.29) is 5.92 Å². The van der Waals surface area contributed by atoms with E-state index in [1.165, 1.54) is 6.20 Å². The molecule has 0 saturated heterocycles. The minimum atomic E-state index is 0.281. The van der Waals surface area contributed by atoms with Crippen molar-refractivity contribution in [3.05, 3.63) is 36.2 Å². The summed E-state index contributed by atoms with van der Waals surface area (Å²) in [5.41, 5.74) is 1.27. The van der Waals surface area contributed by atoms with Crippen molar-refractivity contribution in [1.29, 1.82) is 0 Å². The topological polar surface area (TPSA) is 60.7 Å². The van der Waals surface area contributed by atoms with Crippen molar-refractivity contribution < 1.29 is 4.79 Å². The Morgan fingerprint density at radius 1 is 1.38 bits per heavy atom. The zero-order chi connectivity index (χ0) is 11.5. The standard InChI is InChI=1S/C11H12N4O/c1-8(2)11-13-7-15(14-11)10-3-9(6-16)4-12-5-10/h3-8H,1-2H3. The van der Waals surface area contributed by atoms with Gasteiger partial charge in [0, 0.05) is 17.7 Å². The Morgan fingerprint density at radius 3 is 2.81 bits per heavy atom. The third-order valence-electron chi connectivity index (χ3n) is 2.17. The van der Waals surface area contributed by atoms with Crippen LogP contribution in [0, 0.1) is 0 Å². The van der Waals surface area contributed by atoms with E-state index in [9.17, 15) is 4.79 Å². The Hall–Kier alpha value is -2.04. The Balaban J connectivity index is 2.38. The highest BCUT2D eigenvalue weighted by Gasteiger charge is 2.06. The number of aldehydes is 1. The van der Waals surface area contributed by atoms with Gasteiger partial charge >= 0.3 is 0 Å². The first-order valence-corrected chi connectivity index (χ1v) is 5.03. The van der Waals surface area contributed by atoms with E-state index in [0.717, 1.165) is 17.8 Å². The number of nitrogens with zero attached hydrogens (tertiary/aromatic N) is 4. The average Bonchev–Trinajstić information content (AvgIpc) is 2.78. The van der Waals surface area contributed by atoms with Crippen LogP contribution in [0.3, 0.4) is 0 Å². The monoisotopic (exact) mass is 216 g/mol. The molecule has 2 heterocycles. The minimum Gasteiger partial charge on any atom is -0.298 e. The van der Waals surface area contributed by atoms with Crippen molar-refractivity contribution >= 4 is 6.29 Å². The molecule has 2 aromatic heterocycles. The molecular weight excluding hydrogens is 204 g/mol. The maximum Gasteiger partial charge on any atom is 0.153 e. The van der Waals surface area contributed by atoms with Gasteiger partial charge in [0.2, 0.25) is 0 Å². The van der Waals surface area contributed by atoms with Gasteiger partial charge in [-0.15, -0.1) is 0 Å². The van der Waals surface area contributed by atoms with Crippen molar-refractivity contribution in [2.45, 2.75) is 19.8 Å². The third kappa shape index (κ3) is 1.98. The van der Waals surface area contributed by atoms with Crippen molar-refractivity contribution in [1.82, 2.24) is 19.7 Å². The van der Waals surface area contributed by atoms with Gasteiger partial charge in [-0.2, -0.15) is 5.10 Å². The maximum absolute atomic E-state index is 10.6. The molecule has 0 aliphatic rings. The van der Waals surface area contributed by atoms with E-state index in [1.807, 2.05) is 13.8 Å². The summed E-state index contributed by atoms with van der Waals surface area (Å²) in [6, 6.07) is 1.72. The molecular formula is C11H12N4O. The van der Waals surface area contributed by atoms with E-state index < -0.39 is 0 Å². The highest BCUT2D eigenvalue weighted by Crippen LogP contribution is 2.11. The normalized spacial score (nSPS) is 10.7. The van der Waals surface area contributed by atoms with Gasteiger partial charge in [-0.25, -0.2) is 9.67 Å². The number of aromatic nitrogens is 4. The minimum absolute atomic E-state index is 0.281. The molecule has 2 aromatic rings. The quantitative estimate of drug-likeness (QED) is 0.731. The molecule has 2 rings (SSSR count). The van der Waals surface area contributed by atoms with Crippen molar-refractivity contribution in [2.75, 3.05) is 0 Å². The first kappa shape index (κ1) is 10.5. The lowest BCUT2D eigenvalue weighted by Crippen LogP contribution is -1.99. The molecule has 16 heavy (non-hydrogen) atoms. The van der Waals surface area contributed by atoms with Crippen molar-refractivity contribution in [3.8, 4) is 5.69 Å². The molecule has 0 bridgehead atoms. The number of pyridine rings is 1. The molecule has 82 valence electrons. The van der Waals surface area contributed by atoms with Crippen molar-refractivity contribution in [2.24, 2.45) is 0 Å².